The Morgan fingerprint density at radius 1 is 1.19 bits per heavy atom. The Hall–Kier alpha value is -2.92. The fourth-order valence-corrected chi connectivity index (χ4v) is 4.50. The molecule has 0 fully saturated rings. The highest BCUT2D eigenvalue weighted by Gasteiger charge is 2.25. The van der Waals surface area contributed by atoms with Crippen LogP contribution in [-0.2, 0) is 19.5 Å². The van der Waals surface area contributed by atoms with Gasteiger partial charge in [-0.3, -0.25) is 4.79 Å². The maximum atomic E-state index is 12.7. The molecule has 136 valence electrons. The molecule has 0 spiro atoms. The van der Waals surface area contributed by atoms with Crippen molar-refractivity contribution < 1.29 is 9.90 Å². The smallest absolute Gasteiger partial charge is 0.341 e. The number of nitrogens with zero attached hydrogens (tertiary/aromatic N) is 1. The van der Waals surface area contributed by atoms with Crippen LogP contribution in [0, 0.1) is 0 Å². The lowest BCUT2D eigenvalue weighted by Crippen LogP contribution is -2.24. The number of benzene rings is 2. The molecule has 0 amide bonds. The number of carboxylic acid groups (broad SMARTS) is 1. The molecule has 2 aliphatic rings. The van der Waals surface area contributed by atoms with E-state index >= 15 is 0 Å². The summed E-state index contributed by atoms with van der Waals surface area (Å²) >= 11 is 0. The summed E-state index contributed by atoms with van der Waals surface area (Å²) in [6.07, 6.45) is 3.33. The van der Waals surface area contributed by atoms with E-state index in [9.17, 15) is 14.7 Å². The first-order valence-electron chi connectivity index (χ1n) is 9.31. The fourth-order valence-electron chi connectivity index (χ4n) is 4.50. The number of hydrogen-bond acceptors (Lipinski definition) is 3. The third-order valence-electron chi connectivity index (χ3n) is 5.96. The molecule has 0 bridgehead atoms. The Bertz CT molecular complexity index is 1180. The summed E-state index contributed by atoms with van der Waals surface area (Å²) in [6, 6.07) is 10.5. The summed E-state index contributed by atoms with van der Waals surface area (Å²) in [5, 5.41) is 13.3. The van der Waals surface area contributed by atoms with E-state index < -0.39 is 11.4 Å². The van der Waals surface area contributed by atoms with E-state index in [0.29, 0.717) is 5.39 Å². The zero-order valence-corrected chi connectivity index (χ0v) is 15.1. The van der Waals surface area contributed by atoms with Crippen molar-refractivity contribution in [3.05, 3.63) is 69.0 Å². The molecule has 2 N–H and O–H groups in total. The summed E-state index contributed by atoms with van der Waals surface area (Å²) in [6.45, 7) is 3.87. The highest BCUT2D eigenvalue weighted by molar-refractivity contribution is 5.96. The van der Waals surface area contributed by atoms with Gasteiger partial charge in [-0.1, -0.05) is 18.2 Å². The van der Waals surface area contributed by atoms with Gasteiger partial charge in [0, 0.05) is 30.7 Å². The van der Waals surface area contributed by atoms with Gasteiger partial charge < -0.3 is 15.0 Å². The van der Waals surface area contributed by atoms with E-state index in [1.165, 1.54) is 17.3 Å². The molecular formula is C22H20N2O3. The molecule has 5 rings (SSSR count). The SMILES string of the molecule is CC1CCc2c(-c3ccc4c(c3)CNC4)ccc3c(=O)c(C(=O)O)cn1c23. The summed E-state index contributed by atoms with van der Waals surface area (Å²) in [5.74, 6) is -1.17. The van der Waals surface area contributed by atoms with E-state index in [2.05, 4.69) is 30.4 Å². The van der Waals surface area contributed by atoms with Gasteiger partial charge in [0.05, 0.1) is 5.52 Å². The van der Waals surface area contributed by atoms with Crippen LogP contribution in [0.25, 0.3) is 22.0 Å². The minimum absolute atomic E-state index is 0.154. The zero-order chi connectivity index (χ0) is 18.7. The Kier molecular flexibility index (Phi) is 3.49. The average molecular weight is 360 g/mol. The molecule has 0 saturated heterocycles. The standard InChI is InChI=1S/C22H20N2O3/c1-12-2-5-17-16(13-3-4-14-9-23-10-15(14)8-13)6-7-18-20(17)24(12)11-19(21(18)25)22(26)27/h3-4,6-8,11-12,23H,2,5,9-10H2,1H3,(H,26,27). The van der Waals surface area contributed by atoms with E-state index in [-0.39, 0.29) is 11.6 Å². The van der Waals surface area contributed by atoms with Crippen molar-refractivity contribution in [2.45, 2.75) is 38.9 Å². The Labute approximate surface area is 156 Å². The van der Waals surface area contributed by atoms with Gasteiger partial charge in [0.15, 0.2) is 0 Å². The van der Waals surface area contributed by atoms with E-state index in [1.807, 2.05) is 10.6 Å². The van der Waals surface area contributed by atoms with Crippen LogP contribution >= 0.6 is 0 Å². The number of aryl methyl sites for hydroxylation is 1. The lowest BCUT2D eigenvalue weighted by molar-refractivity contribution is 0.0694. The quantitative estimate of drug-likeness (QED) is 0.734. The molecule has 2 aromatic carbocycles. The van der Waals surface area contributed by atoms with Gasteiger partial charge in [0.2, 0.25) is 5.43 Å². The minimum Gasteiger partial charge on any atom is -0.477 e. The van der Waals surface area contributed by atoms with Crippen molar-refractivity contribution >= 4 is 16.9 Å². The van der Waals surface area contributed by atoms with Crippen LogP contribution in [0.4, 0.5) is 0 Å². The fraction of sp³-hybridized carbons (Fsp3) is 0.273. The normalized spacial score (nSPS) is 17.9. The number of aromatic nitrogens is 1. The lowest BCUT2D eigenvalue weighted by Gasteiger charge is -2.28. The number of carboxylic acids is 1. The maximum absolute atomic E-state index is 12.7. The number of pyridine rings is 1. The van der Waals surface area contributed by atoms with Crippen LogP contribution in [0.1, 0.15) is 46.4 Å². The molecule has 5 heteroatoms. The van der Waals surface area contributed by atoms with Crippen LogP contribution in [0.3, 0.4) is 0 Å². The molecule has 27 heavy (non-hydrogen) atoms. The van der Waals surface area contributed by atoms with Gasteiger partial charge in [0.25, 0.3) is 0 Å². The van der Waals surface area contributed by atoms with Crippen molar-refractivity contribution in [3.63, 3.8) is 0 Å². The minimum atomic E-state index is -1.17. The zero-order valence-electron chi connectivity index (χ0n) is 15.1. The van der Waals surface area contributed by atoms with Crippen molar-refractivity contribution in [2.75, 3.05) is 0 Å². The summed E-state index contributed by atoms with van der Waals surface area (Å²) in [7, 11) is 0. The van der Waals surface area contributed by atoms with Crippen LogP contribution in [-0.4, -0.2) is 15.6 Å². The van der Waals surface area contributed by atoms with E-state index in [4.69, 9.17) is 0 Å². The number of carbonyl (C=O) groups is 1. The summed E-state index contributed by atoms with van der Waals surface area (Å²) < 4.78 is 1.98. The van der Waals surface area contributed by atoms with Crippen LogP contribution in [0.2, 0.25) is 0 Å². The third-order valence-corrected chi connectivity index (χ3v) is 5.96. The molecule has 1 unspecified atom stereocenters. The van der Waals surface area contributed by atoms with Crippen molar-refractivity contribution in [1.29, 1.82) is 0 Å². The first-order chi connectivity index (χ1) is 13.0. The second kappa shape index (κ2) is 5.79. The second-order valence-electron chi connectivity index (χ2n) is 7.55. The van der Waals surface area contributed by atoms with Gasteiger partial charge in [-0.05, 0) is 59.7 Å². The second-order valence-corrected chi connectivity index (χ2v) is 7.55. The Morgan fingerprint density at radius 3 is 2.81 bits per heavy atom. The van der Waals surface area contributed by atoms with Gasteiger partial charge in [-0.2, -0.15) is 0 Å². The average Bonchev–Trinajstić information content (AvgIpc) is 3.13. The number of nitrogens with one attached hydrogen (secondary N) is 1. The van der Waals surface area contributed by atoms with E-state index in [0.717, 1.165) is 48.1 Å². The molecular weight excluding hydrogens is 340 g/mol. The maximum Gasteiger partial charge on any atom is 0.341 e. The number of hydrogen-bond donors (Lipinski definition) is 2. The molecule has 3 heterocycles. The summed E-state index contributed by atoms with van der Waals surface area (Å²) in [4.78, 5) is 24.2. The first kappa shape index (κ1) is 16.3. The molecule has 5 nitrogen and oxygen atoms in total. The topological polar surface area (TPSA) is 71.3 Å². The van der Waals surface area contributed by atoms with Gasteiger partial charge >= 0.3 is 5.97 Å². The molecule has 1 aromatic heterocycles. The van der Waals surface area contributed by atoms with Gasteiger partial charge in [-0.15, -0.1) is 0 Å². The van der Waals surface area contributed by atoms with Crippen molar-refractivity contribution in [3.8, 4) is 11.1 Å². The van der Waals surface area contributed by atoms with Gasteiger partial charge in [-0.25, -0.2) is 4.79 Å². The monoisotopic (exact) mass is 360 g/mol. The largest absolute Gasteiger partial charge is 0.477 e. The van der Waals surface area contributed by atoms with Crippen LogP contribution in [0.5, 0.6) is 0 Å². The van der Waals surface area contributed by atoms with Crippen LogP contribution < -0.4 is 10.7 Å². The summed E-state index contributed by atoms with van der Waals surface area (Å²) in [5.41, 5.74) is 6.44. The van der Waals surface area contributed by atoms with E-state index in [1.54, 1.807) is 6.07 Å². The molecule has 1 atom stereocenters. The highest BCUT2D eigenvalue weighted by Crippen LogP contribution is 2.37. The number of fused-ring (bicyclic) bond motifs is 1. The van der Waals surface area contributed by atoms with Gasteiger partial charge in [0.1, 0.15) is 5.56 Å². The highest BCUT2D eigenvalue weighted by atomic mass is 16.4. The Morgan fingerprint density at radius 2 is 2.00 bits per heavy atom. The van der Waals surface area contributed by atoms with Crippen molar-refractivity contribution in [2.24, 2.45) is 0 Å². The van der Waals surface area contributed by atoms with Crippen LogP contribution in [0.15, 0.2) is 41.3 Å². The number of aromatic carboxylic acids is 1. The molecule has 0 saturated carbocycles. The Balaban J connectivity index is 1.81. The van der Waals surface area contributed by atoms with Crippen molar-refractivity contribution in [1.82, 2.24) is 9.88 Å². The predicted molar refractivity (Wildman–Crippen MR) is 104 cm³/mol. The first-order valence-corrected chi connectivity index (χ1v) is 9.31. The number of rotatable bonds is 2. The lowest BCUT2D eigenvalue weighted by atomic mass is 9.88. The molecule has 3 aromatic rings. The predicted octanol–water partition coefficient (Wildman–Crippen LogP) is 3.48. The molecule has 0 aliphatic carbocycles. The molecule has 0 radical (unpaired) electrons. The molecule has 2 aliphatic heterocycles. The third kappa shape index (κ3) is 2.35.